The Hall–Kier alpha value is -1.81. The lowest BCUT2D eigenvalue weighted by molar-refractivity contribution is 0.477. The number of benzene rings is 1. The Morgan fingerprint density at radius 1 is 1.39 bits per heavy atom. The molecular weight excluding hydrogens is 226 g/mol. The van der Waals surface area contributed by atoms with Gasteiger partial charge in [-0.25, -0.2) is 0 Å². The minimum Gasteiger partial charge on any atom is -0.454 e. The summed E-state index contributed by atoms with van der Waals surface area (Å²) in [5, 5.41) is 4.19. The summed E-state index contributed by atoms with van der Waals surface area (Å²) in [7, 11) is 0. The summed E-state index contributed by atoms with van der Waals surface area (Å²) >= 11 is 0. The Morgan fingerprint density at radius 2 is 2.22 bits per heavy atom. The van der Waals surface area contributed by atoms with Crippen molar-refractivity contribution < 1.29 is 4.74 Å². The van der Waals surface area contributed by atoms with Gasteiger partial charge in [-0.05, 0) is 44.0 Å². The van der Waals surface area contributed by atoms with Crippen molar-refractivity contribution in [2.75, 3.05) is 6.54 Å². The predicted octanol–water partition coefficient (Wildman–Crippen LogP) is 2.50. The van der Waals surface area contributed by atoms with Crippen molar-refractivity contribution in [3.8, 4) is 11.5 Å². The number of hydrogen-bond donors (Lipinski definition) is 1. The van der Waals surface area contributed by atoms with Crippen LogP contribution < -0.4 is 10.5 Å². The van der Waals surface area contributed by atoms with Gasteiger partial charge in [0.15, 0.2) is 5.75 Å². The van der Waals surface area contributed by atoms with Crippen LogP contribution in [-0.4, -0.2) is 16.3 Å². The Morgan fingerprint density at radius 3 is 2.89 bits per heavy atom. The van der Waals surface area contributed by atoms with Gasteiger partial charge in [-0.3, -0.25) is 4.68 Å². The van der Waals surface area contributed by atoms with Gasteiger partial charge in [-0.15, -0.1) is 0 Å². The molecule has 2 N–H and O–H groups in total. The molecule has 0 fully saturated rings. The second-order valence-electron chi connectivity index (χ2n) is 4.27. The molecule has 2 rings (SSSR count). The molecule has 2 aromatic rings. The van der Waals surface area contributed by atoms with E-state index in [-0.39, 0.29) is 0 Å². The van der Waals surface area contributed by atoms with E-state index in [2.05, 4.69) is 17.2 Å². The van der Waals surface area contributed by atoms with Gasteiger partial charge in [0.2, 0.25) is 0 Å². The molecule has 0 saturated carbocycles. The Kier molecular flexibility index (Phi) is 3.99. The zero-order chi connectivity index (χ0) is 13.0. The number of ether oxygens (including phenoxy) is 1. The van der Waals surface area contributed by atoms with Crippen LogP contribution in [0.2, 0.25) is 0 Å². The number of aryl methyl sites for hydroxylation is 2. The van der Waals surface area contributed by atoms with E-state index in [0.717, 1.165) is 30.0 Å². The molecule has 0 unspecified atom stereocenters. The van der Waals surface area contributed by atoms with Gasteiger partial charge in [-0.2, -0.15) is 5.10 Å². The minimum atomic E-state index is 0.649. The summed E-state index contributed by atoms with van der Waals surface area (Å²) < 4.78 is 7.70. The normalized spacial score (nSPS) is 10.6. The predicted molar refractivity (Wildman–Crippen MR) is 71.9 cm³/mol. The number of hydrogen-bond acceptors (Lipinski definition) is 3. The quantitative estimate of drug-likeness (QED) is 0.880. The van der Waals surface area contributed by atoms with Gasteiger partial charge in [0.1, 0.15) is 5.75 Å². The summed E-state index contributed by atoms with van der Waals surface area (Å²) in [4.78, 5) is 0. The van der Waals surface area contributed by atoms with Gasteiger partial charge in [0.05, 0.1) is 12.4 Å². The summed E-state index contributed by atoms with van der Waals surface area (Å²) in [5.41, 5.74) is 7.87. The largest absolute Gasteiger partial charge is 0.454 e. The van der Waals surface area contributed by atoms with Crippen LogP contribution in [0.5, 0.6) is 11.5 Å². The smallest absolute Gasteiger partial charge is 0.165 e. The van der Waals surface area contributed by atoms with E-state index in [9.17, 15) is 0 Å². The van der Waals surface area contributed by atoms with Crippen LogP contribution in [0.3, 0.4) is 0 Å². The first-order chi connectivity index (χ1) is 8.72. The van der Waals surface area contributed by atoms with E-state index < -0.39 is 0 Å². The topological polar surface area (TPSA) is 53.1 Å². The molecule has 4 heteroatoms. The Balaban J connectivity index is 2.19. The van der Waals surface area contributed by atoms with Crippen LogP contribution >= 0.6 is 0 Å². The van der Waals surface area contributed by atoms with E-state index in [0.29, 0.717) is 6.54 Å². The van der Waals surface area contributed by atoms with Crippen molar-refractivity contribution in [1.82, 2.24) is 9.78 Å². The lowest BCUT2D eigenvalue weighted by atomic mass is 10.1. The molecule has 0 aliphatic heterocycles. The van der Waals surface area contributed by atoms with Crippen LogP contribution in [0.25, 0.3) is 0 Å². The molecule has 0 atom stereocenters. The highest BCUT2D eigenvalue weighted by Crippen LogP contribution is 2.25. The minimum absolute atomic E-state index is 0.649. The third kappa shape index (κ3) is 2.90. The van der Waals surface area contributed by atoms with Gasteiger partial charge in [-0.1, -0.05) is 12.1 Å². The van der Waals surface area contributed by atoms with Gasteiger partial charge >= 0.3 is 0 Å². The molecule has 0 radical (unpaired) electrons. The van der Waals surface area contributed by atoms with Gasteiger partial charge < -0.3 is 10.5 Å². The molecule has 0 amide bonds. The summed E-state index contributed by atoms with van der Waals surface area (Å²) in [6.45, 7) is 5.57. The highest BCUT2D eigenvalue weighted by atomic mass is 16.5. The van der Waals surface area contributed by atoms with E-state index in [1.165, 1.54) is 5.56 Å². The highest BCUT2D eigenvalue weighted by molar-refractivity contribution is 5.39. The maximum atomic E-state index is 5.85. The second kappa shape index (κ2) is 5.69. The Bertz CT molecular complexity index is 520. The van der Waals surface area contributed by atoms with Gasteiger partial charge in [0.25, 0.3) is 0 Å². The van der Waals surface area contributed by atoms with Crippen molar-refractivity contribution in [2.45, 2.75) is 26.8 Å². The van der Waals surface area contributed by atoms with Crippen LogP contribution in [-0.2, 0) is 13.0 Å². The highest BCUT2D eigenvalue weighted by Gasteiger charge is 2.05. The fourth-order valence-corrected chi connectivity index (χ4v) is 1.77. The van der Waals surface area contributed by atoms with Crippen LogP contribution in [0.4, 0.5) is 0 Å². The van der Waals surface area contributed by atoms with E-state index >= 15 is 0 Å². The third-order valence-electron chi connectivity index (χ3n) is 2.85. The Labute approximate surface area is 107 Å². The first kappa shape index (κ1) is 12.6. The molecule has 1 aromatic heterocycles. The zero-order valence-corrected chi connectivity index (χ0v) is 10.9. The summed E-state index contributed by atoms with van der Waals surface area (Å²) in [6.07, 6.45) is 4.50. The van der Waals surface area contributed by atoms with Crippen LogP contribution in [0, 0.1) is 6.92 Å². The molecule has 1 aromatic carbocycles. The molecule has 0 bridgehead atoms. The van der Waals surface area contributed by atoms with Crippen molar-refractivity contribution in [1.29, 1.82) is 0 Å². The molecule has 1 heterocycles. The number of rotatable bonds is 5. The SMILES string of the molecule is CCn1cc(Oc2cc(CCN)ccc2C)cn1. The average molecular weight is 245 g/mol. The third-order valence-corrected chi connectivity index (χ3v) is 2.85. The lowest BCUT2D eigenvalue weighted by Crippen LogP contribution is -2.02. The summed E-state index contributed by atoms with van der Waals surface area (Å²) in [6, 6.07) is 6.20. The molecule has 0 aliphatic carbocycles. The van der Waals surface area contributed by atoms with Crippen molar-refractivity contribution in [3.05, 3.63) is 41.7 Å². The molecular formula is C14H19N3O. The summed E-state index contributed by atoms with van der Waals surface area (Å²) in [5.74, 6) is 1.64. The van der Waals surface area contributed by atoms with E-state index in [1.54, 1.807) is 6.20 Å². The molecule has 4 nitrogen and oxygen atoms in total. The van der Waals surface area contributed by atoms with E-state index in [1.807, 2.05) is 30.8 Å². The molecule has 18 heavy (non-hydrogen) atoms. The maximum absolute atomic E-state index is 5.85. The van der Waals surface area contributed by atoms with Crippen LogP contribution in [0.1, 0.15) is 18.1 Å². The molecule has 0 saturated heterocycles. The molecule has 0 aliphatic rings. The van der Waals surface area contributed by atoms with Crippen LogP contribution in [0.15, 0.2) is 30.6 Å². The first-order valence-electron chi connectivity index (χ1n) is 6.23. The zero-order valence-electron chi connectivity index (χ0n) is 10.9. The first-order valence-corrected chi connectivity index (χ1v) is 6.23. The molecule has 96 valence electrons. The lowest BCUT2D eigenvalue weighted by Gasteiger charge is -2.08. The number of aromatic nitrogens is 2. The number of nitrogens with two attached hydrogens (primary N) is 1. The van der Waals surface area contributed by atoms with E-state index in [4.69, 9.17) is 10.5 Å². The standard InChI is InChI=1S/C14H19N3O/c1-3-17-10-13(9-16-17)18-14-8-12(6-7-15)5-4-11(14)2/h4-5,8-10H,3,6-7,15H2,1-2H3. The number of nitrogens with zero attached hydrogens (tertiary/aromatic N) is 2. The van der Waals surface area contributed by atoms with Crippen molar-refractivity contribution in [3.63, 3.8) is 0 Å². The van der Waals surface area contributed by atoms with Gasteiger partial charge in [0, 0.05) is 6.54 Å². The average Bonchev–Trinajstić information content (AvgIpc) is 2.81. The molecule has 0 spiro atoms. The fraction of sp³-hybridized carbons (Fsp3) is 0.357. The van der Waals surface area contributed by atoms with Crippen molar-refractivity contribution in [2.24, 2.45) is 5.73 Å². The van der Waals surface area contributed by atoms with Crippen molar-refractivity contribution >= 4 is 0 Å². The fourth-order valence-electron chi connectivity index (χ4n) is 1.77. The maximum Gasteiger partial charge on any atom is 0.165 e. The monoisotopic (exact) mass is 245 g/mol. The second-order valence-corrected chi connectivity index (χ2v) is 4.27.